The SMILES string of the molecule is COC(=O)N[C@H](C(=O)N1C[C@@H](C)C[C@H]1c1nc2c(ccc3cc(B4OC(C)(C)C(C)(C)O4)ccc32)[nH]1)C1CCOCC1. The average Bonchev–Trinajstić information content (AvgIpc) is 3.64. The number of hydrogen-bond acceptors (Lipinski definition) is 7. The van der Waals surface area contributed by atoms with Crippen molar-refractivity contribution < 1.29 is 28.4 Å². The summed E-state index contributed by atoms with van der Waals surface area (Å²) in [6.45, 7) is 12.1. The van der Waals surface area contributed by atoms with Crippen molar-refractivity contribution in [1.82, 2.24) is 20.2 Å². The first-order valence-corrected chi connectivity index (χ1v) is 15.0. The van der Waals surface area contributed by atoms with Gasteiger partial charge in [-0.3, -0.25) is 4.79 Å². The number of rotatable bonds is 5. The third-order valence-corrected chi connectivity index (χ3v) is 9.61. The van der Waals surface area contributed by atoms with Gasteiger partial charge in [-0.1, -0.05) is 31.2 Å². The van der Waals surface area contributed by atoms with Crippen LogP contribution in [0.25, 0.3) is 21.8 Å². The molecule has 2 aromatic carbocycles. The summed E-state index contributed by atoms with van der Waals surface area (Å²) < 4.78 is 22.9. The highest BCUT2D eigenvalue weighted by molar-refractivity contribution is 6.62. The van der Waals surface area contributed by atoms with Crippen LogP contribution >= 0.6 is 0 Å². The molecular weight excluding hydrogens is 535 g/mol. The number of ether oxygens (including phenoxy) is 2. The molecule has 0 spiro atoms. The van der Waals surface area contributed by atoms with Gasteiger partial charge in [0.25, 0.3) is 0 Å². The summed E-state index contributed by atoms with van der Waals surface area (Å²) in [4.78, 5) is 36.8. The maximum atomic E-state index is 14.1. The topological polar surface area (TPSA) is 115 Å². The molecule has 3 aliphatic rings. The van der Waals surface area contributed by atoms with Crippen molar-refractivity contribution in [3.63, 3.8) is 0 Å². The zero-order valence-corrected chi connectivity index (χ0v) is 25.4. The van der Waals surface area contributed by atoms with E-state index in [4.69, 9.17) is 23.8 Å². The summed E-state index contributed by atoms with van der Waals surface area (Å²) in [7, 11) is 0.880. The fraction of sp³-hybridized carbons (Fsp3) is 0.581. The quantitative estimate of drug-likeness (QED) is 0.440. The number of nitrogens with zero attached hydrogens (tertiary/aromatic N) is 2. The number of carbonyl (C=O) groups is 2. The lowest BCUT2D eigenvalue weighted by Gasteiger charge is -2.34. The van der Waals surface area contributed by atoms with E-state index in [-0.39, 0.29) is 17.9 Å². The number of methoxy groups -OCH3 is 1. The largest absolute Gasteiger partial charge is 0.494 e. The molecular formula is C31H41BN4O6. The molecule has 42 heavy (non-hydrogen) atoms. The molecule has 1 aromatic heterocycles. The minimum atomic E-state index is -0.673. The van der Waals surface area contributed by atoms with Crippen LogP contribution in [0.2, 0.25) is 0 Å². The fourth-order valence-electron chi connectivity index (χ4n) is 6.47. The first-order valence-electron chi connectivity index (χ1n) is 15.0. The minimum Gasteiger partial charge on any atom is -0.453 e. The van der Waals surface area contributed by atoms with Gasteiger partial charge in [-0.05, 0) is 75.7 Å². The van der Waals surface area contributed by atoms with Gasteiger partial charge in [-0.15, -0.1) is 0 Å². The van der Waals surface area contributed by atoms with E-state index in [1.165, 1.54) is 7.11 Å². The zero-order valence-electron chi connectivity index (χ0n) is 25.4. The average molecular weight is 577 g/mol. The molecule has 3 aromatic rings. The normalized spacial score (nSPS) is 24.8. The predicted octanol–water partition coefficient (Wildman–Crippen LogP) is 4.08. The van der Waals surface area contributed by atoms with Gasteiger partial charge in [0.2, 0.25) is 5.91 Å². The van der Waals surface area contributed by atoms with Crippen LogP contribution in [0, 0.1) is 11.8 Å². The molecule has 2 N–H and O–H groups in total. The van der Waals surface area contributed by atoms with Crippen LogP contribution in [0.1, 0.15) is 65.7 Å². The minimum absolute atomic E-state index is 0.0142. The van der Waals surface area contributed by atoms with Gasteiger partial charge < -0.3 is 34.0 Å². The van der Waals surface area contributed by atoms with Gasteiger partial charge in [0, 0.05) is 25.1 Å². The number of nitrogens with one attached hydrogen (secondary N) is 2. The summed E-state index contributed by atoms with van der Waals surface area (Å²) in [5.74, 6) is 0.938. The van der Waals surface area contributed by atoms with Gasteiger partial charge in [0.05, 0.1) is 35.4 Å². The second-order valence-electron chi connectivity index (χ2n) is 13.1. The molecule has 3 atom stereocenters. The van der Waals surface area contributed by atoms with E-state index in [9.17, 15) is 9.59 Å². The Kier molecular flexibility index (Phi) is 7.48. The molecule has 0 saturated carbocycles. The molecule has 0 aliphatic carbocycles. The van der Waals surface area contributed by atoms with Crippen LogP contribution in [0.3, 0.4) is 0 Å². The molecule has 10 nitrogen and oxygen atoms in total. The summed E-state index contributed by atoms with van der Waals surface area (Å²) in [6, 6.07) is 9.45. The van der Waals surface area contributed by atoms with Crippen molar-refractivity contribution in [2.24, 2.45) is 11.8 Å². The summed E-state index contributed by atoms with van der Waals surface area (Å²) in [5.41, 5.74) is 1.93. The van der Waals surface area contributed by atoms with E-state index < -0.39 is 30.5 Å². The molecule has 0 bridgehead atoms. The van der Waals surface area contributed by atoms with Crippen LogP contribution in [-0.2, 0) is 23.6 Å². The zero-order chi connectivity index (χ0) is 29.8. The first-order chi connectivity index (χ1) is 20.0. The van der Waals surface area contributed by atoms with E-state index in [1.54, 1.807) is 0 Å². The van der Waals surface area contributed by atoms with Crippen LogP contribution in [0.15, 0.2) is 30.3 Å². The van der Waals surface area contributed by atoms with Crippen molar-refractivity contribution >= 4 is 46.4 Å². The van der Waals surface area contributed by atoms with Crippen LogP contribution in [0.4, 0.5) is 4.79 Å². The molecule has 11 heteroatoms. The van der Waals surface area contributed by atoms with Crippen molar-refractivity contribution in [2.75, 3.05) is 26.9 Å². The maximum Gasteiger partial charge on any atom is 0.494 e. The second kappa shape index (κ2) is 10.8. The number of hydrogen-bond donors (Lipinski definition) is 2. The Balaban J connectivity index is 1.30. The molecule has 2 amide bonds. The molecule has 224 valence electrons. The fourth-order valence-corrected chi connectivity index (χ4v) is 6.47. The van der Waals surface area contributed by atoms with Gasteiger partial charge >= 0.3 is 13.2 Å². The Morgan fingerprint density at radius 1 is 1.12 bits per heavy atom. The monoisotopic (exact) mass is 576 g/mol. The number of amides is 2. The Hall–Kier alpha value is -3.15. The molecule has 6 rings (SSSR count). The summed E-state index contributed by atoms with van der Waals surface area (Å²) in [6.07, 6.45) is 1.60. The molecule has 0 radical (unpaired) electrons. The first kappa shape index (κ1) is 29.0. The van der Waals surface area contributed by atoms with Gasteiger partial charge in [-0.25, -0.2) is 9.78 Å². The van der Waals surface area contributed by atoms with Crippen LogP contribution in [-0.4, -0.2) is 78.1 Å². The third-order valence-electron chi connectivity index (χ3n) is 9.61. The van der Waals surface area contributed by atoms with E-state index in [0.717, 1.165) is 39.5 Å². The van der Waals surface area contributed by atoms with Crippen LogP contribution < -0.4 is 10.8 Å². The number of aromatic nitrogens is 2. The lowest BCUT2D eigenvalue weighted by Crippen LogP contribution is -2.53. The van der Waals surface area contributed by atoms with Crippen molar-refractivity contribution in [3.05, 3.63) is 36.2 Å². The Labute approximate surface area is 246 Å². The van der Waals surface area contributed by atoms with E-state index in [2.05, 4.69) is 63.1 Å². The summed E-state index contributed by atoms with van der Waals surface area (Å²) in [5, 5.41) is 4.89. The van der Waals surface area contributed by atoms with Gasteiger partial charge in [0.15, 0.2) is 0 Å². The van der Waals surface area contributed by atoms with Crippen molar-refractivity contribution in [1.29, 1.82) is 0 Å². The van der Waals surface area contributed by atoms with E-state index in [1.807, 2.05) is 17.0 Å². The summed E-state index contributed by atoms with van der Waals surface area (Å²) >= 11 is 0. The highest BCUT2D eigenvalue weighted by Gasteiger charge is 2.51. The highest BCUT2D eigenvalue weighted by atomic mass is 16.7. The van der Waals surface area contributed by atoms with Crippen molar-refractivity contribution in [2.45, 2.75) is 77.2 Å². The number of alkyl carbamates (subject to hydrolysis) is 1. The second-order valence-corrected chi connectivity index (χ2v) is 13.1. The Bertz CT molecular complexity index is 1480. The molecule has 0 unspecified atom stereocenters. The predicted molar refractivity (Wildman–Crippen MR) is 160 cm³/mol. The number of carbonyl (C=O) groups excluding carboxylic acids is 2. The maximum absolute atomic E-state index is 14.1. The molecule has 3 aliphatic heterocycles. The van der Waals surface area contributed by atoms with Gasteiger partial charge in [0.1, 0.15) is 11.9 Å². The molecule has 3 saturated heterocycles. The lowest BCUT2D eigenvalue weighted by molar-refractivity contribution is -0.137. The Morgan fingerprint density at radius 3 is 2.52 bits per heavy atom. The van der Waals surface area contributed by atoms with E-state index in [0.29, 0.717) is 38.5 Å². The number of imidazole rings is 1. The van der Waals surface area contributed by atoms with Crippen LogP contribution in [0.5, 0.6) is 0 Å². The van der Waals surface area contributed by atoms with E-state index >= 15 is 0 Å². The standard InChI is InChI=1S/C31H41BN4O6/c1-18-15-24(36(17-18)28(37)25(35-29(38)39-6)19-11-13-40-14-12-19)27-33-23-10-7-20-16-21(8-9-22(20)26(23)34-27)32-41-30(2,3)31(4,5)42-32/h7-10,16,18-19,24-25H,11-15,17H2,1-6H3,(H,33,34)(H,35,38)/t18-,24-,25-/m0/s1. The number of likely N-dealkylation sites (tertiary alicyclic amines) is 1. The molecule has 3 fully saturated rings. The number of fused-ring (bicyclic) bond motifs is 3. The number of aromatic amines is 1. The number of H-pyrrole nitrogens is 1. The molecule has 4 heterocycles. The highest BCUT2D eigenvalue weighted by Crippen LogP contribution is 2.38. The smallest absolute Gasteiger partial charge is 0.453 e. The lowest BCUT2D eigenvalue weighted by atomic mass is 9.78. The van der Waals surface area contributed by atoms with Crippen molar-refractivity contribution in [3.8, 4) is 0 Å². The van der Waals surface area contributed by atoms with Gasteiger partial charge in [-0.2, -0.15) is 0 Å². The third kappa shape index (κ3) is 5.16. The Morgan fingerprint density at radius 2 is 1.83 bits per heavy atom. The number of benzene rings is 2.